The van der Waals surface area contributed by atoms with Gasteiger partial charge in [-0.3, -0.25) is 0 Å². The SMILES string of the molecule is Cn1c(C(C)(C)C)nc2ncccc21. The molecule has 0 fully saturated rings. The molecule has 2 aromatic rings. The van der Waals surface area contributed by atoms with Crippen LogP contribution in [0.1, 0.15) is 26.6 Å². The molecule has 0 bridgehead atoms. The normalized spacial score (nSPS) is 12.3. The summed E-state index contributed by atoms with van der Waals surface area (Å²) in [7, 11) is 2.04. The molecule has 0 aromatic carbocycles. The van der Waals surface area contributed by atoms with Crippen LogP contribution in [-0.2, 0) is 12.5 Å². The molecule has 3 heteroatoms. The first-order valence-electron chi connectivity index (χ1n) is 4.78. The van der Waals surface area contributed by atoms with Gasteiger partial charge in [-0.15, -0.1) is 0 Å². The van der Waals surface area contributed by atoms with Crippen LogP contribution in [0.25, 0.3) is 11.2 Å². The first-order chi connectivity index (χ1) is 6.50. The number of fused-ring (bicyclic) bond motifs is 1. The minimum Gasteiger partial charge on any atom is -0.329 e. The van der Waals surface area contributed by atoms with Crippen molar-refractivity contribution in [3.8, 4) is 0 Å². The Labute approximate surface area is 83.8 Å². The van der Waals surface area contributed by atoms with Crippen molar-refractivity contribution in [2.24, 2.45) is 7.05 Å². The highest BCUT2D eigenvalue weighted by molar-refractivity contribution is 5.71. The van der Waals surface area contributed by atoms with Gasteiger partial charge in [0.2, 0.25) is 0 Å². The summed E-state index contributed by atoms with van der Waals surface area (Å²) in [6.07, 6.45) is 1.78. The number of nitrogens with zero attached hydrogens (tertiary/aromatic N) is 3. The van der Waals surface area contributed by atoms with E-state index in [0.717, 1.165) is 17.0 Å². The Morgan fingerprint density at radius 1 is 1.29 bits per heavy atom. The predicted molar refractivity (Wildman–Crippen MR) is 57.2 cm³/mol. The van der Waals surface area contributed by atoms with Gasteiger partial charge < -0.3 is 4.57 Å². The lowest BCUT2D eigenvalue weighted by Gasteiger charge is -2.17. The van der Waals surface area contributed by atoms with Crippen molar-refractivity contribution < 1.29 is 0 Å². The molecule has 0 aliphatic rings. The summed E-state index contributed by atoms with van der Waals surface area (Å²) in [5, 5.41) is 0. The van der Waals surface area contributed by atoms with Crippen molar-refractivity contribution in [2.45, 2.75) is 26.2 Å². The van der Waals surface area contributed by atoms with Crippen molar-refractivity contribution in [1.82, 2.24) is 14.5 Å². The van der Waals surface area contributed by atoms with Crippen LogP contribution < -0.4 is 0 Å². The molecule has 14 heavy (non-hydrogen) atoms. The highest BCUT2D eigenvalue weighted by atomic mass is 15.1. The summed E-state index contributed by atoms with van der Waals surface area (Å²) in [5.74, 6) is 1.08. The Hall–Kier alpha value is -1.38. The molecular weight excluding hydrogens is 174 g/mol. The average molecular weight is 189 g/mol. The van der Waals surface area contributed by atoms with Gasteiger partial charge in [-0.25, -0.2) is 9.97 Å². The van der Waals surface area contributed by atoms with E-state index in [1.54, 1.807) is 6.20 Å². The van der Waals surface area contributed by atoms with E-state index >= 15 is 0 Å². The van der Waals surface area contributed by atoms with Gasteiger partial charge in [0.25, 0.3) is 0 Å². The van der Waals surface area contributed by atoms with Gasteiger partial charge in [0.1, 0.15) is 5.82 Å². The van der Waals surface area contributed by atoms with E-state index in [4.69, 9.17) is 0 Å². The van der Waals surface area contributed by atoms with Crippen LogP contribution in [0.3, 0.4) is 0 Å². The predicted octanol–water partition coefficient (Wildman–Crippen LogP) is 2.27. The van der Waals surface area contributed by atoms with Gasteiger partial charge in [-0.1, -0.05) is 20.8 Å². The van der Waals surface area contributed by atoms with Crippen LogP contribution in [-0.4, -0.2) is 14.5 Å². The topological polar surface area (TPSA) is 30.7 Å². The maximum atomic E-state index is 4.54. The van der Waals surface area contributed by atoms with E-state index in [2.05, 4.69) is 35.3 Å². The lowest BCUT2D eigenvalue weighted by Crippen LogP contribution is -2.17. The van der Waals surface area contributed by atoms with Crippen molar-refractivity contribution in [3.63, 3.8) is 0 Å². The molecule has 74 valence electrons. The molecule has 0 atom stereocenters. The van der Waals surface area contributed by atoms with Crippen molar-refractivity contribution in [2.75, 3.05) is 0 Å². The fourth-order valence-corrected chi connectivity index (χ4v) is 1.70. The van der Waals surface area contributed by atoms with E-state index in [9.17, 15) is 0 Å². The summed E-state index contributed by atoms with van der Waals surface area (Å²) in [4.78, 5) is 8.78. The molecule has 0 spiro atoms. The molecule has 2 rings (SSSR count). The largest absolute Gasteiger partial charge is 0.329 e. The summed E-state index contributed by atoms with van der Waals surface area (Å²) < 4.78 is 2.11. The van der Waals surface area contributed by atoms with Crippen LogP contribution in [0.2, 0.25) is 0 Å². The second-order valence-corrected chi connectivity index (χ2v) is 4.59. The Morgan fingerprint density at radius 3 is 2.57 bits per heavy atom. The Morgan fingerprint density at radius 2 is 2.00 bits per heavy atom. The van der Waals surface area contributed by atoms with Crippen molar-refractivity contribution >= 4 is 11.2 Å². The summed E-state index contributed by atoms with van der Waals surface area (Å²) in [6.45, 7) is 6.48. The average Bonchev–Trinajstić information content (AvgIpc) is 2.44. The van der Waals surface area contributed by atoms with Gasteiger partial charge in [-0.2, -0.15) is 0 Å². The van der Waals surface area contributed by atoms with Gasteiger partial charge in [-0.05, 0) is 12.1 Å². The third-order valence-electron chi connectivity index (χ3n) is 2.33. The first kappa shape index (κ1) is 9.19. The van der Waals surface area contributed by atoms with Crippen LogP contribution in [0.15, 0.2) is 18.3 Å². The molecule has 0 saturated carbocycles. The van der Waals surface area contributed by atoms with Crippen LogP contribution in [0.4, 0.5) is 0 Å². The molecule has 3 nitrogen and oxygen atoms in total. The van der Waals surface area contributed by atoms with Gasteiger partial charge in [0.05, 0.1) is 5.52 Å². The Kier molecular flexibility index (Phi) is 1.84. The summed E-state index contributed by atoms with van der Waals surface area (Å²) in [5.41, 5.74) is 1.99. The second-order valence-electron chi connectivity index (χ2n) is 4.59. The van der Waals surface area contributed by atoms with Crippen molar-refractivity contribution in [1.29, 1.82) is 0 Å². The highest BCUT2D eigenvalue weighted by Gasteiger charge is 2.21. The quantitative estimate of drug-likeness (QED) is 0.636. The summed E-state index contributed by atoms with van der Waals surface area (Å²) >= 11 is 0. The number of hydrogen-bond acceptors (Lipinski definition) is 2. The van der Waals surface area contributed by atoms with Gasteiger partial charge in [0, 0.05) is 18.7 Å². The maximum Gasteiger partial charge on any atom is 0.177 e. The van der Waals surface area contributed by atoms with Crippen molar-refractivity contribution in [3.05, 3.63) is 24.2 Å². The monoisotopic (exact) mass is 189 g/mol. The number of rotatable bonds is 0. The fourth-order valence-electron chi connectivity index (χ4n) is 1.70. The van der Waals surface area contributed by atoms with Gasteiger partial charge in [0.15, 0.2) is 5.65 Å². The Bertz CT molecular complexity index is 463. The molecule has 2 aromatic heterocycles. The Balaban J connectivity index is 2.75. The fraction of sp³-hybridized carbons (Fsp3) is 0.455. The standard InChI is InChI=1S/C11H15N3/c1-11(2,3)10-13-9-8(14(10)4)6-5-7-12-9/h5-7H,1-4H3. The van der Waals surface area contributed by atoms with E-state index in [-0.39, 0.29) is 5.41 Å². The zero-order chi connectivity index (χ0) is 10.3. The minimum atomic E-state index is 0.0649. The minimum absolute atomic E-state index is 0.0649. The van der Waals surface area contributed by atoms with E-state index in [0.29, 0.717) is 0 Å². The zero-order valence-corrected chi connectivity index (χ0v) is 9.07. The van der Waals surface area contributed by atoms with Crippen LogP contribution in [0, 0.1) is 0 Å². The molecule has 2 heterocycles. The number of aromatic nitrogens is 3. The van der Waals surface area contributed by atoms with Crippen LogP contribution >= 0.6 is 0 Å². The number of hydrogen-bond donors (Lipinski definition) is 0. The van der Waals surface area contributed by atoms with Crippen LogP contribution in [0.5, 0.6) is 0 Å². The molecule has 0 aliphatic carbocycles. The molecule has 0 aliphatic heterocycles. The number of pyridine rings is 1. The number of aryl methyl sites for hydroxylation is 1. The smallest absolute Gasteiger partial charge is 0.177 e. The third kappa shape index (κ3) is 1.29. The highest BCUT2D eigenvalue weighted by Crippen LogP contribution is 2.23. The second kappa shape index (κ2) is 2.80. The van der Waals surface area contributed by atoms with E-state index in [1.807, 2.05) is 19.2 Å². The lowest BCUT2D eigenvalue weighted by molar-refractivity contribution is 0.526. The number of imidazole rings is 1. The summed E-state index contributed by atoms with van der Waals surface area (Å²) in [6, 6.07) is 3.99. The van der Waals surface area contributed by atoms with E-state index < -0.39 is 0 Å². The molecule has 0 amide bonds. The zero-order valence-electron chi connectivity index (χ0n) is 9.07. The molecule has 0 saturated heterocycles. The van der Waals surface area contributed by atoms with E-state index in [1.165, 1.54) is 0 Å². The molecule has 0 radical (unpaired) electrons. The molecule has 0 N–H and O–H groups in total. The molecular formula is C11H15N3. The maximum absolute atomic E-state index is 4.54. The first-order valence-corrected chi connectivity index (χ1v) is 4.78. The third-order valence-corrected chi connectivity index (χ3v) is 2.33. The lowest BCUT2D eigenvalue weighted by atomic mass is 9.96. The van der Waals surface area contributed by atoms with Gasteiger partial charge >= 0.3 is 0 Å². The molecule has 0 unspecified atom stereocenters.